The lowest BCUT2D eigenvalue weighted by molar-refractivity contribution is -0.126. The number of amides is 1. The van der Waals surface area contributed by atoms with E-state index in [0.29, 0.717) is 0 Å². The second kappa shape index (κ2) is 6.62. The van der Waals surface area contributed by atoms with Crippen molar-refractivity contribution in [2.45, 2.75) is 32.4 Å². The monoisotopic (exact) mass is 241 g/mol. The van der Waals surface area contributed by atoms with Gasteiger partial charge >= 0.3 is 0 Å². The third-order valence-electron chi connectivity index (χ3n) is 2.52. The van der Waals surface area contributed by atoms with Gasteiger partial charge in [0.15, 0.2) is 0 Å². The smallest absolute Gasteiger partial charge is 0.251 e. The van der Waals surface area contributed by atoms with E-state index in [-0.39, 0.29) is 11.9 Å². The number of likely N-dealkylation sites (N-methyl/N-ethyl adjacent to an activating group) is 1. The lowest BCUT2D eigenvalue weighted by atomic mass is 10.1. The first-order valence-corrected chi connectivity index (χ1v) is 6.30. The van der Waals surface area contributed by atoms with Crippen molar-refractivity contribution in [3.05, 3.63) is 22.4 Å². The number of carbonyl (C=O) groups is 1. The molecule has 16 heavy (non-hydrogen) atoms. The van der Waals surface area contributed by atoms with Crippen LogP contribution in [0.1, 0.15) is 24.6 Å². The van der Waals surface area contributed by atoms with Crippen LogP contribution in [0.15, 0.2) is 17.5 Å². The van der Waals surface area contributed by atoms with Crippen molar-refractivity contribution >= 4 is 17.2 Å². The number of hydrazine groups is 1. The standard InChI is InChI=1S/C11H19N3OS/c1-3-5-10(11(15)13-12)14(2)8-9-6-4-7-16-9/h4,6-7,10H,3,5,8,12H2,1-2H3,(H,13,15). The van der Waals surface area contributed by atoms with E-state index in [4.69, 9.17) is 5.84 Å². The Morgan fingerprint density at radius 2 is 2.44 bits per heavy atom. The summed E-state index contributed by atoms with van der Waals surface area (Å²) in [5.41, 5.74) is 2.23. The Morgan fingerprint density at radius 3 is 2.94 bits per heavy atom. The molecule has 5 heteroatoms. The number of hydrogen-bond acceptors (Lipinski definition) is 4. The summed E-state index contributed by atoms with van der Waals surface area (Å²) in [7, 11) is 1.95. The van der Waals surface area contributed by atoms with Crippen LogP contribution in [0, 0.1) is 0 Å². The zero-order valence-electron chi connectivity index (χ0n) is 9.77. The molecular formula is C11H19N3OS. The molecule has 0 aliphatic heterocycles. The number of rotatable bonds is 6. The SMILES string of the molecule is CCCC(C(=O)NN)N(C)Cc1cccs1. The van der Waals surface area contributed by atoms with Crippen LogP contribution in [0.4, 0.5) is 0 Å². The van der Waals surface area contributed by atoms with E-state index >= 15 is 0 Å². The number of thiophene rings is 1. The quantitative estimate of drug-likeness (QED) is 0.449. The minimum atomic E-state index is -0.142. The molecule has 3 N–H and O–H groups in total. The zero-order chi connectivity index (χ0) is 12.0. The van der Waals surface area contributed by atoms with Crippen LogP contribution in [-0.2, 0) is 11.3 Å². The van der Waals surface area contributed by atoms with Crippen LogP contribution < -0.4 is 11.3 Å². The van der Waals surface area contributed by atoms with Crippen molar-refractivity contribution in [1.82, 2.24) is 10.3 Å². The number of hydrogen-bond donors (Lipinski definition) is 2. The first-order chi connectivity index (χ1) is 7.69. The molecule has 1 unspecified atom stereocenters. The summed E-state index contributed by atoms with van der Waals surface area (Å²) in [5.74, 6) is 5.08. The van der Waals surface area contributed by atoms with Crippen molar-refractivity contribution in [1.29, 1.82) is 0 Å². The molecule has 90 valence electrons. The summed E-state index contributed by atoms with van der Waals surface area (Å²) in [6, 6.07) is 3.95. The van der Waals surface area contributed by atoms with Gasteiger partial charge in [0, 0.05) is 11.4 Å². The summed E-state index contributed by atoms with van der Waals surface area (Å²) >= 11 is 1.70. The second-order valence-corrected chi connectivity index (χ2v) is 4.84. The van der Waals surface area contributed by atoms with Gasteiger partial charge in [0.2, 0.25) is 0 Å². The summed E-state index contributed by atoms with van der Waals surface area (Å²) in [6.07, 6.45) is 1.79. The highest BCUT2D eigenvalue weighted by Crippen LogP contribution is 2.14. The van der Waals surface area contributed by atoms with Crippen LogP contribution >= 0.6 is 11.3 Å². The van der Waals surface area contributed by atoms with Gasteiger partial charge in [0.1, 0.15) is 0 Å². The van der Waals surface area contributed by atoms with Gasteiger partial charge in [-0.3, -0.25) is 15.1 Å². The van der Waals surface area contributed by atoms with Gasteiger partial charge in [0.25, 0.3) is 5.91 Å². The molecule has 1 rings (SSSR count). The second-order valence-electron chi connectivity index (χ2n) is 3.81. The van der Waals surface area contributed by atoms with E-state index in [0.717, 1.165) is 19.4 Å². The van der Waals surface area contributed by atoms with Crippen molar-refractivity contribution < 1.29 is 4.79 Å². The Kier molecular flexibility index (Phi) is 5.45. The average molecular weight is 241 g/mol. The molecule has 1 atom stereocenters. The molecule has 0 aromatic carbocycles. The van der Waals surface area contributed by atoms with Gasteiger partial charge in [-0.15, -0.1) is 11.3 Å². The third kappa shape index (κ3) is 3.59. The number of nitrogens with two attached hydrogens (primary N) is 1. The predicted molar refractivity (Wildman–Crippen MR) is 66.8 cm³/mol. The normalized spacial score (nSPS) is 12.8. The molecular weight excluding hydrogens is 222 g/mol. The Morgan fingerprint density at radius 1 is 1.69 bits per heavy atom. The van der Waals surface area contributed by atoms with E-state index in [1.54, 1.807) is 11.3 Å². The molecule has 0 saturated heterocycles. The lowest BCUT2D eigenvalue weighted by Crippen LogP contribution is -2.47. The Bertz CT molecular complexity index is 313. The van der Waals surface area contributed by atoms with Gasteiger partial charge in [-0.25, -0.2) is 5.84 Å². The number of nitrogens with one attached hydrogen (secondary N) is 1. The maximum Gasteiger partial charge on any atom is 0.251 e. The van der Waals surface area contributed by atoms with Crippen LogP contribution in [-0.4, -0.2) is 23.9 Å². The highest BCUT2D eigenvalue weighted by Gasteiger charge is 2.21. The first kappa shape index (κ1) is 13.2. The zero-order valence-corrected chi connectivity index (χ0v) is 10.6. The molecule has 0 fully saturated rings. The molecule has 1 amide bonds. The molecule has 4 nitrogen and oxygen atoms in total. The summed E-state index contributed by atoms with van der Waals surface area (Å²) < 4.78 is 0. The van der Waals surface area contributed by atoms with Crippen LogP contribution in [0.3, 0.4) is 0 Å². The first-order valence-electron chi connectivity index (χ1n) is 5.42. The van der Waals surface area contributed by atoms with E-state index in [1.807, 2.05) is 23.4 Å². The maximum absolute atomic E-state index is 11.6. The predicted octanol–water partition coefficient (Wildman–Crippen LogP) is 1.34. The Balaban J connectivity index is 2.59. The fourth-order valence-corrected chi connectivity index (χ4v) is 2.45. The van der Waals surface area contributed by atoms with E-state index in [1.165, 1.54) is 4.88 Å². The molecule has 0 spiro atoms. The highest BCUT2D eigenvalue weighted by atomic mass is 32.1. The number of nitrogens with zero attached hydrogens (tertiary/aromatic N) is 1. The minimum Gasteiger partial charge on any atom is -0.293 e. The van der Waals surface area contributed by atoms with Crippen LogP contribution in [0.5, 0.6) is 0 Å². The molecule has 0 aliphatic carbocycles. The van der Waals surface area contributed by atoms with Crippen LogP contribution in [0.2, 0.25) is 0 Å². The van der Waals surface area contributed by atoms with Crippen molar-refractivity contribution in [2.75, 3.05) is 7.05 Å². The highest BCUT2D eigenvalue weighted by molar-refractivity contribution is 7.09. The molecule has 0 bridgehead atoms. The summed E-state index contributed by atoms with van der Waals surface area (Å²) in [4.78, 5) is 14.9. The Hall–Kier alpha value is -0.910. The van der Waals surface area contributed by atoms with Gasteiger partial charge in [-0.05, 0) is 24.9 Å². The molecule has 1 heterocycles. The summed E-state index contributed by atoms with van der Waals surface area (Å²) in [6.45, 7) is 2.85. The fourth-order valence-electron chi connectivity index (χ4n) is 1.68. The van der Waals surface area contributed by atoms with Gasteiger partial charge in [-0.2, -0.15) is 0 Å². The Labute approximate surface area is 100 Å². The van der Waals surface area contributed by atoms with Crippen molar-refractivity contribution in [2.24, 2.45) is 5.84 Å². The van der Waals surface area contributed by atoms with E-state index in [2.05, 4.69) is 18.4 Å². The molecule has 0 saturated carbocycles. The number of carbonyl (C=O) groups excluding carboxylic acids is 1. The largest absolute Gasteiger partial charge is 0.293 e. The maximum atomic E-state index is 11.6. The lowest BCUT2D eigenvalue weighted by Gasteiger charge is -2.25. The molecule has 1 aromatic rings. The van der Waals surface area contributed by atoms with Crippen molar-refractivity contribution in [3.8, 4) is 0 Å². The third-order valence-corrected chi connectivity index (χ3v) is 3.39. The average Bonchev–Trinajstić information content (AvgIpc) is 2.77. The van der Waals surface area contributed by atoms with Crippen LogP contribution in [0.25, 0.3) is 0 Å². The molecule has 0 radical (unpaired) electrons. The van der Waals surface area contributed by atoms with Gasteiger partial charge < -0.3 is 0 Å². The fraction of sp³-hybridized carbons (Fsp3) is 0.545. The van der Waals surface area contributed by atoms with E-state index < -0.39 is 0 Å². The minimum absolute atomic E-state index is 0.110. The van der Waals surface area contributed by atoms with Gasteiger partial charge in [0.05, 0.1) is 6.04 Å². The van der Waals surface area contributed by atoms with E-state index in [9.17, 15) is 4.79 Å². The summed E-state index contributed by atoms with van der Waals surface area (Å²) in [5, 5.41) is 2.04. The van der Waals surface area contributed by atoms with Crippen molar-refractivity contribution in [3.63, 3.8) is 0 Å². The molecule has 1 aromatic heterocycles. The van der Waals surface area contributed by atoms with Gasteiger partial charge in [-0.1, -0.05) is 19.4 Å². The topological polar surface area (TPSA) is 58.4 Å². The molecule has 0 aliphatic rings.